The maximum absolute atomic E-state index is 5.06. The number of likely N-dealkylation sites (N-methyl/N-ethyl adjacent to an activating group) is 1. The molecule has 2 nitrogen and oxygen atoms in total. The lowest BCUT2D eigenvalue weighted by molar-refractivity contribution is 0.142. The molecule has 1 unspecified atom stereocenters. The number of allylic oxidation sites excluding steroid dienone is 1. The Bertz CT molecular complexity index is 99.1. The highest BCUT2D eigenvalue weighted by Crippen LogP contribution is 1.98. The minimum Gasteiger partial charge on any atom is -0.390 e. The molecule has 0 aromatic rings. The third-order valence-electron chi connectivity index (χ3n) is 1.39. The Balaban J connectivity index is 3.80. The van der Waals surface area contributed by atoms with Crippen LogP contribution in [0.5, 0.6) is 0 Å². The van der Waals surface area contributed by atoms with Gasteiger partial charge in [0.25, 0.3) is 0 Å². The highest BCUT2D eigenvalue weighted by atomic mass is 16.5. The van der Waals surface area contributed by atoms with Crippen LogP contribution in [-0.4, -0.2) is 20.3 Å². The van der Waals surface area contributed by atoms with Gasteiger partial charge in [0.2, 0.25) is 0 Å². The van der Waals surface area contributed by atoms with Gasteiger partial charge in [-0.3, -0.25) is 0 Å². The number of nitrogens with one attached hydrogen (secondary N) is 1. The lowest BCUT2D eigenvalue weighted by atomic mass is 10.3. The van der Waals surface area contributed by atoms with Gasteiger partial charge in [-0.05, 0) is 13.8 Å². The summed E-state index contributed by atoms with van der Waals surface area (Å²) < 4.78 is 5.06. The number of hydrogen-bond acceptors (Lipinski definition) is 2. The first kappa shape index (κ1) is 8.50. The van der Waals surface area contributed by atoms with Crippen molar-refractivity contribution in [3.63, 3.8) is 0 Å². The molecule has 0 saturated heterocycles. The quantitative estimate of drug-likeness (QED) is 0.617. The molecule has 0 aliphatic carbocycles. The van der Waals surface area contributed by atoms with Gasteiger partial charge in [-0.25, -0.2) is 0 Å². The molecule has 1 N–H and O–H groups in total. The van der Waals surface area contributed by atoms with Crippen LogP contribution in [0.3, 0.4) is 0 Å². The summed E-state index contributed by atoms with van der Waals surface area (Å²) in [4.78, 5) is 0. The van der Waals surface area contributed by atoms with Gasteiger partial charge in [-0.1, -0.05) is 6.08 Å². The van der Waals surface area contributed by atoms with E-state index in [1.165, 1.54) is 0 Å². The maximum atomic E-state index is 5.06. The Morgan fingerprint density at radius 1 is 1.67 bits per heavy atom. The van der Waals surface area contributed by atoms with E-state index < -0.39 is 0 Å². The summed E-state index contributed by atoms with van der Waals surface area (Å²) in [6, 6.07) is 0. The first-order valence-electron chi connectivity index (χ1n) is 3.13. The number of ether oxygens (including phenoxy) is 1. The summed E-state index contributed by atoms with van der Waals surface area (Å²) in [5, 5.41) is 3.04. The Kier molecular flexibility index (Phi) is 4.14. The van der Waals surface area contributed by atoms with Gasteiger partial charge in [0.15, 0.2) is 0 Å². The van der Waals surface area contributed by atoms with Crippen LogP contribution in [0.15, 0.2) is 11.8 Å². The minimum absolute atomic E-state index is 0.181. The summed E-state index contributed by atoms with van der Waals surface area (Å²) in [7, 11) is 3.59. The summed E-state index contributed by atoms with van der Waals surface area (Å²) in [6.45, 7) is 3.99. The average molecular weight is 129 g/mol. The van der Waals surface area contributed by atoms with Crippen LogP contribution in [-0.2, 0) is 4.74 Å². The van der Waals surface area contributed by atoms with E-state index in [1.807, 2.05) is 27.0 Å². The van der Waals surface area contributed by atoms with Crippen LogP contribution in [0.1, 0.15) is 13.8 Å². The second-order valence-corrected chi connectivity index (χ2v) is 1.87. The highest BCUT2D eigenvalue weighted by Gasteiger charge is 2.01. The van der Waals surface area contributed by atoms with E-state index in [0.29, 0.717) is 0 Å². The van der Waals surface area contributed by atoms with Gasteiger partial charge < -0.3 is 10.1 Å². The Hall–Kier alpha value is -0.500. The summed E-state index contributed by atoms with van der Waals surface area (Å²) in [5.74, 6) is 0. The van der Waals surface area contributed by atoms with E-state index in [1.54, 1.807) is 7.11 Å². The van der Waals surface area contributed by atoms with E-state index in [0.717, 1.165) is 5.70 Å². The van der Waals surface area contributed by atoms with Gasteiger partial charge in [0.05, 0.1) is 6.10 Å². The first-order chi connectivity index (χ1) is 4.26. The lowest BCUT2D eigenvalue weighted by Gasteiger charge is -2.12. The molecule has 0 spiro atoms. The van der Waals surface area contributed by atoms with Gasteiger partial charge in [-0.15, -0.1) is 0 Å². The molecular weight excluding hydrogens is 114 g/mol. The van der Waals surface area contributed by atoms with E-state index in [2.05, 4.69) is 5.32 Å². The second kappa shape index (κ2) is 4.39. The molecule has 0 radical (unpaired) electrons. The van der Waals surface area contributed by atoms with Crippen molar-refractivity contribution in [2.45, 2.75) is 20.0 Å². The normalized spacial score (nSPS) is 15.3. The van der Waals surface area contributed by atoms with Crippen LogP contribution < -0.4 is 5.32 Å². The lowest BCUT2D eigenvalue weighted by Crippen LogP contribution is -2.19. The van der Waals surface area contributed by atoms with Gasteiger partial charge in [0.1, 0.15) is 0 Å². The van der Waals surface area contributed by atoms with Crippen molar-refractivity contribution in [2.75, 3.05) is 14.2 Å². The van der Waals surface area contributed by atoms with Crippen molar-refractivity contribution in [3.05, 3.63) is 11.8 Å². The summed E-state index contributed by atoms with van der Waals surface area (Å²) in [5.41, 5.74) is 1.12. The van der Waals surface area contributed by atoms with E-state index >= 15 is 0 Å². The molecule has 0 saturated carbocycles. The predicted octanol–water partition coefficient (Wildman–Crippen LogP) is 1.14. The molecule has 0 aromatic carbocycles. The fourth-order valence-electron chi connectivity index (χ4n) is 0.709. The molecular formula is C7H15NO. The molecule has 0 bridgehead atoms. The standard InChI is InChI=1S/C7H15NO/c1-5-7(8-3)6(2)9-4/h5-6,8H,1-4H3/b7-5+. The molecule has 2 heteroatoms. The topological polar surface area (TPSA) is 21.3 Å². The highest BCUT2D eigenvalue weighted by molar-refractivity contribution is 5.01. The van der Waals surface area contributed by atoms with Crippen molar-refractivity contribution in [1.29, 1.82) is 0 Å². The fourth-order valence-corrected chi connectivity index (χ4v) is 0.709. The smallest absolute Gasteiger partial charge is 0.0933 e. The van der Waals surface area contributed by atoms with Crippen molar-refractivity contribution < 1.29 is 4.74 Å². The van der Waals surface area contributed by atoms with Crippen molar-refractivity contribution in [1.82, 2.24) is 5.32 Å². The molecule has 0 heterocycles. The predicted molar refractivity (Wildman–Crippen MR) is 39.3 cm³/mol. The van der Waals surface area contributed by atoms with Gasteiger partial charge in [0, 0.05) is 19.9 Å². The van der Waals surface area contributed by atoms with Crippen LogP contribution in [0, 0.1) is 0 Å². The molecule has 54 valence electrons. The molecule has 0 rings (SSSR count). The van der Waals surface area contributed by atoms with Gasteiger partial charge >= 0.3 is 0 Å². The van der Waals surface area contributed by atoms with Crippen LogP contribution in [0.4, 0.5) is 0 Å². The maximum Gasteiger partial charge on any atom is 0.0933 e. The SMILES string of the molecule is C/C=C(/NC)C(C)OC. The number of rotatable bonds is 3. The molecule has 0 fully saturated rings. The van der Waals surface area contributed by atoms with E-state index in [9.17, 15) is 0 Å². The molecule has 0 aromatic heterocycles. The molecule has 0 aliphatic rings. The summed E-state index contributed by atoms with van der Waals surface area (Å²) in [6.07, 6.45) is 2.19. The number of methoxy groups -OCH3 is 1. The molecule has 9 heavy (non-hydrogen) atoms. The summed E-state index contributed by atoms with van der Waals surface area (Å²) >= 11 is 0. The van der Waals surface area contributed by atoms with E-state index in [-0.39, 0.29) is 6.10 Å². The zero-order chi connectivity index (χ0) is 7.28. The van der Waals surface area contributed by atoms with Crippen molar-refractivity contribution in [3.8, 4) is 0 Å². The zero-order valence-corrected chi connectivity index (χ0v) is 6.56. The Labute approximate surface area is 56.9 Å². The average Bonchev–Trinajstić information content (AvgIpc) is 1.90. The van der Waals surface area contributed by atoms with Crippen molar-refractivity contribution in [2.24, 2.45) is 0 Å². The van der Waals surface area contributed by atoms with Crippen LogP contribution in [0.25, 0.3) is 0 Å². The van der Waals surface area contributed by atoms with Crippen LogP contribution in [0.2, 0.25) is 0 Å². The minimum atomic E-state index is 0.181. The van der Waals surface area contributed by atoms with Gasteiger partial charge in [-0.2, -0.15) is 0 Å². The number of hydrogen-bond donors (Lipinski definition) is 1. The van der Waals surface area contributed by atoms with Crippen molar-refractivity contribution >= 4 is 0 Å². The zero-order valence-electron chi connectivity index (χ0n) is 6.56. The largest absolute Gasteiger partial charge is 0.390 e. The second-order valence-electron chi connectivity index (χ2n) is 1.87. The Morgan fingerprint density at radius 3 is 2.33 bits per heavy atom. The molecule has 1 atom stereocenters. The monoisotopic (exact) mass is 129 g/mol. The van der Waals surface area contributed by atoms with Crippen LogP contribution >= 0.6 is 0 Å². The fraction of sp³-hybridized carbons (Fsp3) is 0.714. The molecule has 0 amide bonds. The first-order valence-corrected chi connectivity index (χ1v) is 3.13. The third-order valence-corrected chi connectivity index (χ3v) is 1.39. The third kappa shape index (κ3) is 2.51. The Morgan fingerprint density at radius 2 is 2.22 bits per heavy atom. The molecule has 0 aliphatic heterocycles. The van der Waals surface area contributed by atoms with E-state index in [4.69, 9.17) is 4.74 Å².